The van der Waals surface area contributed by atoms with Gasteiger partial charge in [0.1, 0.15) is 5.76 Å². The second-order valence-electron chi connectivity index (χ2n) is 11.8. The molecule has 2 N–H and O–H groups in total. The fraction of sp³-hybridized carbons (Fsp3) is 0.222. The highest BCUT2D eigenvalue weighted by Gasteiger charge is 2.52. The van der Waals surface area contributed by atoms with Crippen molar-refractivity contribution in [3.8, 4) is 0 Å². The number of carbonyl (C=O) groups is 1. The predicted molar refractivity (Wildman–Crippen MR) is 168 cm³/mol. The number of hydrogen-bond acceptors (Lipinski definition) is 6. The Labute approximate surface area is 256 Å². The maximum absolute atomic E-state index is 13.8. The van der Waals surface area contributed by atoms with E-state index in [1.165, 1.54) is 0 Å². The minimum atomic E-state index is -3.77. The van der Waals surface area contributed by atoms with Crippen molar-refractivity contribution in [2.45, 2.75) is 48.1 Å². The van der Waals surface area contributed by atoms with Crippen molar-refractivity contribution < 1.29 is 23.1 Å². The fourth-order valence-corrected chi connectivity index (χ4v) is 7.65. The number of nitrogens with zero attached hydrogens (tertiary/aromatic N) is 1. The summed E-state index contributed by atoms with van der Waals surface area (Å²) in [6, 6.07) is 34.0. The largest absolute Gasteiger partial charge is 0.507 e. The number of esters is 1. The van der Waals surface area contributed by atoms with Crippen molar-refractivity contribution >= 4 is 26.8 Å². The lowest BCUT2D eigenvalue weighted by Gasteiger charge is -2.29. The van der Waals surface area contributed by atoms with Crippen molar-refractivity contribution in [3.05, 3.63) is 143 Å². The Hall–Kier alpha value is -4.69. The second-order valence-corrected chi connectivity index (χ2v) is 13.8. The van der Waals surface area contributed by atoms with E-state index in [2.05, 4.69) is 9.97 Å². The van der Waals surface area contributed by atoms with Gasteiger partial charge in [0.05, 0.1) is 22.4 Å². The van der Waals surface area contributed by atoms with Gasteiger partial charge in [0.25, 0.3) is 0 Å². The number of rotatable bonds is 10. The molecule has 1 aliphatic heterocycles. The zero-order chi connectivity index (χ0) is 30.3. The topological polar surface area (TPSA) is 109 Å². The van der Waals surface area contributed by atoms with Gasteiger partial charge in [-0.1, -0.05) is 97.1 Å². The molecule has 0 spiro atoms. The first kappa shape index (κ1) is 28.1. The quantitative estimate of drug-likeness (QED) is 0.173. The first-order valence-electron chi connectivity index (χ1n) is 14.8. The van der Waals surface area contributed by atoms with E-state index in [0.717, 1.165) is 29.5 Å². The van der Waals surface area contributed by atoms with Crippen LogP contribution in [-0.2, 0) is 38.0 Å². The molecule has 7 rings (SSSR count). The molecule has 222 valence electrons. The number of cyclic esters (lactones) is 1. The van der Waals surface area contributed by atoms with Crippen molar-refractivity contribution in [2.24, 2.45) is 5.92 Å². The number of aromatic amines is 1. The van der Waals surface area contributed by atoms with Crippen LogP contribution >= 0.6 is 0 Å². The molecule has 4 aromatic carbocycles. The molecule has 1 unspecified atom stereocenters. The third-order valence-corrected chi connectivity index (χ3v) is 10.1. The number of sulfone groups is 1. The van der Waals surface area contributed by atoms with Crippen LogP contribution in [0.4, 0.5) is 0 Å². The molecule has 1 fully saturated rings. The monoisotopic (exact) mass is 604 g/mol. The molecule has 0 saturated heterocycles. The van der Waals surface area contributed by atoms with Crippen LogP contribution in [0.2, 0.25) is 0 Å². The van der Waals surface area contributed by atoms with E-state index < -0.39 is 27.3 Å². The summed E-state index contributed by atoms with van der Waals surface area (Å²) in [4.78, 5) is 21.0. The summed E-state index contributed by atoms with van der Waals surface area (Å²) in [5.74, 6) is -1.07. The number of para-hydroxylation sites is 2. The van der Waals surface area contributed by atoms with Crippen molar-refractivity contribution in [2.75, 3.05) is 0 Å². The highest BCUT2D eigenvalue weighted by atomic mass is 32.2. The maximum atomic E-state index is 13.8. The highest BCUT2D eigenvalue weighted by Crippen LogP contribution is 2.51. The van der Waals surface area contributed by atoms with E-state index in [1.54, 1.807) is 18.2 Å². The third kappa shape index (κ3) is 5.42. The molecule has 5 aromatic rings. The molecular formula is C36H32N2O5S. The van der Waals surface area contributed by atoms with Gasteiger partial charge in [-0.2, -0.15) is 0 Å². The van der Waals surface area contributed by atoms with Crippen LogP contribution in [0.5, 0.6) is 0 Å². The maximum Gasteiger partial charge on any atom is 0.339 e. The SMILES string of the molecule is O=C1OC(Cc2ccccc2)(Cc2ccccc2)C(O)=C1C(c1cccc(CS(=O)(=O)c2nc3ccccc3[nH]2)c1)C1CC1. The summed E-state index contributed by atoms with van der Waals surface area (Å²) in [5.41, 5.74) is 3.55. The Morgan fingerprint density at radius 2 is 1.45 bits per heavy atom. The van der Waals surface area contributed by atoms with Crippen LogP contribution in [0.15, 0.2) is 126 Å². The molecular weight excluding hydrogens is 572 g/mol. The molecule has 1 aliphatic carbocycles. The number of H-pyrrole nitrogens is 1. The van der Waals surface area contributed by atoms with Gasteiger partial charge >= 0.3 is 5.97 Å². The van der Waals surface area contributed by atoms with E-state index in [0.29, 0.717) is 29.4 Å². The first-order valence-corrected chi connectivity index (χ1v) is 16.5. The number of carbonyl (C=O) groups excluding carboxylic acids is 1. The molecule has 7 nitrogen and oxygen atoms in total. The summed E-state index contributed by atoms with van der Waals surface area (Å²) < 4.78 is 32.9. The highest BCUT2D eigenvalue weighted by molar-refractivity contribution is 7.90. The molecule has 0 amide bonds. The zero-order valence-corrected chi connectivity index (χ0v) is 24.8. The Morgan fingerprint density at radius 1 is 0.841 bits per heavy atom. The van der Waals surface area contributed by atoms with Crippen molar-refractivity contribution in [1.29, 1.82) is 0 Å². The van der Waals surface area contributed by atoms with Crippen molar-refractivity contribution in [3.63, 3.8) is 0 Å². The molecule has 0 radical (unpaired) electrons. The zero-order valence-electron chi connectivity index (χ0n) is 24.0. The van der Waals surface area contributed by atoms with Crippen LogP contribution in [0.1, 0.15) is 41.0 Å². The molecule has 2 aliphatic rings. The van der Waals surface area contributed by atoms with E-state index >= 15 is 0 Å². The number of fused-ring (bicyclic) bond motifs is 1. The summed E-state index contributed by atoms with van der Waals surface area (Å²) in [6.45, 7) is 0. The van der Waals surface area contributed by atoms with Gasteiger partial charge in [0.2, 0.25) is 15.0 Å². The summed E-state index contributed by atoms with van der Waals surface area (Å²) in [7, 11) is -3.77. The molecule has 8 heteroatoms. The van der Waals surface area contributed by atoms with E-state index in [4.69, 9.17) is 4.74 Å². The number of aliphatic hydroxyl groups excluding tert-OH is 1. The molecule has 2 heterocycles. The lowest BCUT2D eigenvalue weighted by molar-refractivity contribution is -0.148. The van der Waals surface area contributed by atoms with Crippen LogP contribution in [0.3, 0.4) is 0 Å². The van der Waals surface area contributed by atoms with Gasteiger partial charge in [0, 0.05) is 18.8 Å². The smallest absolute Gasteiger partial charge is 0.339 e. The first-order chi connectivity index (χ1) is 21.3. The Kier molecular flexibility index (Phi) is 7.09. The summed E-state index contributed by atoms with van der Waals surface area (Å²) in [5, 5.41) is 11.9. The van der Waals surface area contributed by atoms with Gasteiger partial charge in [-0.3, -0.25) is 0 Å². The molecule has 0 bridgehead atoms. The number of benzene rings is 4. The normalized spacial score (nSPS) is 17.1. The minimum absolute atomic E-state index is 0.0348. The van der Waals surface area contributed by atoms with E-state index in [9.17, 15) is 18.3 Å². The molecule has 44 heavy (non-hydrogen) atoms. The van der Waals surface area contributed by atoms with Gasteiger partial charge in [-0.25, -0.2) is 18.2 Å². The minimum Gasteiger partial charge on any atom is -0.507 e. The third-order valence-electron chi connectivity index (χ3n) is 8.59. The second kappa shape index (κ2) is 11.1. The summed E-state index contributed by atoms with van der Waals surface area (Å²) >= 11 is 0. The van der Waals surface area contributed by atoms with Crippen LogP contribution in [0, 0.1) is 5.92 Å². The molecule has 1 atom stereocenters. The summed E-state index contributed by atoms with van der Waals surface area (Å²) in [6.07, 6.45) is 2.47. The average molecular weight is 605 g/mol. The van der Waals surface area contributed by atoms with Crippen LogP contribution in [0.25, 0.3) is 11.0 Å². The Bertz CT molecular complexity index is 1900. The average Bonchev–Trinajstić information content (AvgIpc) is 3.70. The number of nitrogens with one attached hydrogen (secondary N) is 1. The fourth-order valence-electron chi connectivity index (χ4n) is 6.40. The standard InChI is InChI=1S/C36H32N2O5S/c39-33-32(34(40)43-36(33,21-24-10-3-1-4-11-24)22-25-12-5-2-6-13-25)31(27-18-19-27)28-15-9-14-26(20-28)23-44(41,42)35-37-29-16-7-8-17-30(29)38-35/h1-17,20,27,31,39H,18-19,21-23H2,(H,37,38). The lowest BCUT2D eigenvalue weighted by atomic mass is 9.81. The Morgan fingerprint density at radius 3 is 2.09 bits per heavy atom. The predicted octanol–water partition coefficient (Wildman–Crippen LogP) is 6.62. The van der Waals surface area contributed by atoms with Gasteiger partial charge < -0.3 is 14.8 Å². The number of aliphatic hydroxyl groups is 1. The number of aromatic nitrogens is 2. The number of hydrogen-bond donors (Lipinski definition) is 2. The Balaban J connectivity index is 1.25. The number of ether oxygens (including phenoxy) is 1. The van der Waals surface area contributed by atoms with E-state index in [1.807, 2.05) is 91.0 Å². The van der Waals surface area contributed by atoms with Gasteiger partial charge in [0.15, 0.2) is 5.60 Å². The molecule has 1 saturated carbocycles. The molecule has 1 aromatic heterocycles. The lowest BCUT2D eigenvalue weighted by Crippen LogP contribution is -2.37. The van der Waals surface area contributed by atoms with Crippen molar-refractivity contribution in [1.82, 2.24) is 9.97 Å². The van der Waals surface area contributed by atoms with Gasteiger partial charge in [-0.05, 0) is 53.1 Å². The van der Waals surface area contributed by atoms with E-state index in [-0.39, 0.29) is 28.2 Å². The van der Waals surface area contributed by atoms with Gasteiger partial charge in [-0.15, -0.1) is 0 Å². The number of imidazole rings is 1. The van der Waals surface area contributed by atoms with Crippen LogP contribution in [-0.4, -0.2) is 35.1 Å². The van der Waals surface area contributed by atoms with Crippen LogP contribution < -0.4 is 0 Å².